The zero-order valence-electron chi connectivity index (χ0n) is 19.7. The molecule has 0 bridgehead atoms. The van der Waals surface area contributed by atoms with Crippen LogP contribution in [0.25, 0.3) is 11.0 Å². The largest absolute Gasteiger partial charge is 0.508 e. The Labute approximate surface area is 194 Å². The zero-order chi connectivity index (χ0) is 24.2. The lowest BCUT2D eigenvalue weighted by Gasteiger charge is -2.16. The molecule has 0 unspecified atom stereocenters. The third kappa shape index (κ3) is 8.79. The van der Waals surface area contributed by atoms with E-state index in [1.54, 1.807) is 25.1 Å². The minimum absolute atomic E-state index is 0.00265. The Morgan fingerprint density at radius 3 is 1.88 bits per heavy atom. The highest BCUT2D eigenvalue weighted by Crippen LogP contribution is 2.19. The lowest BCUT2D eigenvalue weighted by atomic mass is 10.1. The van der Waals surface area contributed by atoms with Gasteiger partial charge in [0.2, 0.25) is 0 Å². The number of carboxylic acid groups (broad SMARTS) is 1. The van der Waals surface area contributed by atoms with Crippen LogP contribution in [0, 0.1) is 0 Å². The van der Waals surface area contributed by atoms with Gasteiger partial charge in [0, 0.05) is 38.6 Å². The van der Waals surface area contributed by atoms with Crippen LogP contribution in [0.4, 0.5) is 4.79 Å². The maximum Gasteiger partial charge on any atom is 0.407 e. The Balaban J connectivity index is 1.57. The Morgan fingerprint density at radius 1 is 0.818 bits per heavy atom. The van der Waals surface area contributed by atoms with Crippen LogP contribution in [0.5, 0.6) is 5.75 Å². The molecule has 0 aliphatic heterocycles. The summed E-state index contributed by atoms with van der Waals surface area (Å²) in [5.41, 5.74) is -0.436. The molecular weight excluding hydrogens is 424 g/mol. The fraction of sp³-hybridized carbons (Fsp3) is 0.560. The highest BCUT2D eigenvalue weighted by atomic mass is 16.4. The number of phenols is 1. The molecule has 0 radical (unpaired) electrons. The van der Waals surface area contributed by atoms with Gasteiger partial charge in [-0.2, -0.15) is 0 Å². The van der Waals surface area contributed by atoms with Gasteiger partial charge >= 0.3 is 11.7 Å². The van der Waals surface area contributed by atoms with Gasteiger partial charge in [-0.15, -0.1) is 0 Å². The minimum Gasteiger partial charge on any atom is -0.508 e. The second-order valence-corrected chi connectivity index (χ2v) is 8.64. The molecule has 182 valence electrons. The quantitative estimate of drug-likeness (QED) is 0.300. The number of hydrogen-bond acceptors (Lipinski definition) is 5. The first kappa shape index (κ1) is 26.2. The molecule has 33 heavy (non-hydrogen) atoms. The molecule has 8 heteroatoms. The number of aromatic hydroxyl groups is 1. The molecule has 2 rings (SSSR count). The van der Waals surface area contributed by atoms with Gasteiger partial charge in [0.15, 0.2) is 0 Å². The molecule has 2 N–H and O–H groups in total. The summed E-state index contributed by atoms with van der Waals surface area (Å²) in [6.45, 7) is 1.18. The summed E-state index contributed by atoms with van der Waals surface area (Å²) in [6, 6.07) is 5.98. The summed E-state index contributed by atoms with van der Waals surface area (Å²) in [7, 11) is 3.29. The van der Waals surface area contributed by atoms with E-state index in [-0.39, 0.29) is 22.8 Å². The number of phenolic OH excluding ortho intramolecular Hbond substituents is 1. The Morgan fingerprint density at radius 2 is 1.33 bits per heavy atom. The van der Waals surface area contributed by atoms with Crippen LogP contribution in [0.2, 0.25) is 0 Å². The number of amides is 2. The van der Waals surface area contributed by atoms with Crippen molar-refractivity contribution in [2.24, 2.45) is 0 Å². The molecule has 0 aliphatic rings. The van der Waals surface area contributed by atoms with Gasteiger partial charge in [0.25, 0.3) is 5.91 Å². The smallest absolute Gasteiger partial charge is 0.407 e. The van der Waals surface area contributed by atoms with Crippen LogP contribution >= 0.6 is 0 Å². The van der Waals surface area contributed by atoms with Gasteiger partial charge < -0.3 is 24.4 Å². The van der Waals surface area contributed by atoms with Gasteiger partial charge in [-0.1, -0.05) is 51.4 Å². The lowest BCUT2D eigenvalue weighted by molar-refractivity contribution is 0.0788. The number of benzene rings is 1. The highest BCUT2D eigenvalue weighted by molar-refractivity contribution is 5.96. The minimum atomic E-state index is -0.869. The van der Waals surface area contributed by atoms with Gasteiger partial charge in [-0.25, -0.2) is 9.59 Å². The van der Waals surface area contributed by atoms with Gasteiger partial charge in [-0.3, -0.25) is 4.79 Å². The highest BCUT2D eigenvalue weighted by Gasteiger charge is 2.17. The van der Waals surface area contributed by atoms with E-state index in [0.717, 1.165) is 38.5 Å². The van der Waals surface area contributed by atoms with E-state index in [0.29, 0.717) is 18.5 Å². The van der Waals surface area contributed by atoms with E-state index in [1.165, 1.54) is 48.8 Å². The zero-order valence-corrected chi connectivity index (χ0v) is 19.7. The molecule has 0 fully saturated rings. The molecule has 0 saturated heterocycles. The number of carbonyl (C=O) groups excluding carboxylic acids is 1. The van der Waals surface area contributed by atoms with Crippen LogP contribution < -0.4 is 5.63 Å². The maximum atomic E-state index is 12.6. The number of hydrogen-bond donors (Lipinski definition) is 2. The molecule has 8 nitrogen and oxygen atoms in total. The van der Waals surface area contributed by atoms with E-state index in [4.69, 9.17) is 9.52 Å². The standard InChI is InChI=1S/C25H36N2O6/c1-26(23(29)21-17-19-13-14-20(28)18-22(19)33-24(21)30)15-11-9-7-5-3-4-6-8-10-12-16-27(2)25(31)32/h13-14,17-18,28H,3-12,15-16H2,1-2H3,(H,31,32). The second kappa shape index (κ2) is 13.5. The Kier molecular flexibility index (Phi) is 10.7. The molecule has 0 atom stereocenters. The van der Waals surface area contributed by atoms with Gasteiger partial charge in [-0.05, 0) is 31.0 Å². The summed E-state index contributed by atoms with van der Waals surface area (Å²) in [4.78, 5) is 38.4. The molecule has 1 heterocycles. The molecule has 2 aromatic rings. The van der Waals surface area contributed by atoms with E-state index in [9.17, 15) is 19.5 Å². The molecule has 0 aliphatic carbocycles. The number of fused-ring (bicyclic) bond motifs is 1. The third-order valence-electron chi connectivity index (χ3n) is 5.86. The van der Waals surface area contributed by atoms with E-state index >= 15 is 0 Å². The fourth-order valence-electron chi connectivity index (χ4n) is 3.76. The number of carbonyl (C=O) groups is 2. The van der Waals surface area contributed by atoms with E-state index < -0.39 is 11.7 Å². The average Bonchev–Trinajstić information content (AvgIpc) is 2.78. The molecule has 2 amide bonds. The molecule has 0 saturated carbocycles. The first-order valence-corrected chi connectivity index (χ1v) is 11.8. The van der Waals surface area contributed by atoms with Crippen molar-refractivity contribution in [3.05, 3.63) is 40.2 Å². The first-order chi connectivity index (χ1) is 15.8. The molecule has 1 aromatic carbocycles. The number of rotatable bonds is 14. The predicted molar refractivity (Wildman–Crippen MR) is 128 cm³/mol. The van der Waals surface area contributed by atoms with Gasteiger partial charge in [0.05, 0.1) is 0 Å². The Bertz CT molecular complexity index is 971. The van der Waals surface area contributed by atoms with Crippen LogP contribution in [0.15, 0.2) is 33.5 Å². The normalized spacial score (nSPS) is 11.0. The maximum absolute atomic E-state index is 12.6. The summed E-state index contributed by atoms with van der Waals surface area (Å²) in [5.74, 6) is -0.351. The molecule has 1 aromatic heterocycles. The topological polar surface area (TPSA) is 111 Å². The van der Waals surface area contributed by atoms with Crippen molar-refractivity contribution in [3.63, 3.8) is 0 Å². The number of unbranched alkanes of at least 4 members (excludes halogenated alkanes) is 9. The van der Waals surface area contributed by atoms with E-state index in [1.807, 2.05) is 0 Å². The molecular formula is C25H36N2O6. The number of nitrogens with zero attached hydrogens (tertiary/aromatic N) is 2. The van der Waals surface area contributed by atoms with Crippen LogP contribution in [-0.2, 0) is 0 Å². The summed E-state index contributed by atoms with van der Waals surface area (Å²) in [6.07, 6.45) is 10.0. The fourth-order valence-corrected chi connectivity index (χ4v) is 3.76. The van der Waals surface area contributed by atoms with Crippen molar-refractivity contribution >= 4 is 23.0 Å². The van der Waals surface area contributed by atoms with Crippen molar-refractivity contribution in [1.82, 2.24) is 9.80 Å². The SMILES string of the molecule is CN(CCCCCCCCCCCCN(C)C(=O)c1cc2ccc(O)cc2oc1=O)C(=O)O. The summed E-state index contributed by atoms with van der Waals surface area (Å²) >= 11 is 0. The summed E-state index contributed by atoms with van der Waals surface area (Å²) in [5, 5.41) is 18.9. The molecule has 0 spiro atoms. The van der Waals surface area contributed by atoms with Crippen molar-refractivity contribution in [2.75, 3.05) is 27.2 Å². The lowest BCUT2D eigenvalue weighted by Crippen LogP contribution is -2.31. The van der Waals surface area contributed by atoms with Crippen LogP contribution in [0.3, 0.4) is 0 Å². The monoisotopic (exact) mass is 460 g/mol. The summed E-state index contributed by atoms with van der Waals surface area (Å²) < 4.78 is 5.19. The van der Waals surface area contributed by atoms with Crippen molar-refractivity contribution in [1.29, 1.82) is 0 Å². The van der Waals surface area contributed by atoms with Crippen LogP contribution in [0.1, 0.15) is 74.6 Å². The van der Waals surface area contributed by atoms with Crippen LogP contribution in [-0.4, -0.2) is 59.2 Å². The Hall–Kier alpha value is -3.03. The van der Waals surface area contributed by atoms with E-state index in [2.05, 4.69) is 0 Å². The first-order valence-electron chi connectivity index (χ1n) is 11.8. The van der Waals surface area contributed by atoms with Crippen molar-refractivity contribution in [2.45, 2.75) is 64.2 Å². The second-order valence-electron chi connectivity index (χ2n) is 8.64. The average molecular weight is 461 g/mol. The third-order valence-corrected chi connectivity index (χ3v) is 5.86. The van der Waals surface area contributed by atoms with Crippen molar-refractivity contribution in [3.8, 4) is 5.75 Å². The predicted octanol–water partition coefficient (Wildman–Crippen LogP) is 5.08. The van der Waals surface area contributed by atoms with Gasteiger partial charge in [0.1, 0.15) is 16.9 Å². The van der Waals surface area contributed by atoms with Crippen molar-refractivity contribution < 1.29 is 24.2 Å².